The lowest BCUT2D eigenvalue weighted by Crippen LogP contribution is -2.26. The van der Waals surface area contributed by atoms with Crippen molar-refractivity contribution in [1.82, 2.24) is 0 Å². The van der Waals surface area contributed by atoms with Crippen LogP contribution < -0.4 is 0 Å². The first-order valence-corrected chi connectivity index (χ1v) is 14.2. The number of carbonyl (C=O) groups excluding carboxylic acids is 2. The topological polar surface area (TPSA) is 52.6 Å². The van der Waals surface area contributed by atoms with Crippen LogP contribution in [0.1, 0.15) is 95.3 Å². The lowest BCUT2D eigenvalue weighted by atomic mass is 10.0. The van der Waals surface area contributed by atoms with E-state index in [0.29, 0.717) is 12.2 Å². The summed E-state index contributed by atoms with van der Waals surface area (Å²) in [6.45, 7) is 6.35. The molecule has 192 valence electrons. The molecule has 0 heterocycles. The Morgan fingerprint density at radius 2 is 1.29 bits per heavy atom. The Balaban J connectivity index is 1.75. The van der Waals surface area contributed by atoms with Crippen LogP contribution in [0.3, 0.4) is 0 Å². The number of benzene rings is 2. The van der Waals surface area contributed by atoms with E-state index in [1.165, 1.54) is 49.8 Å². The molecule has 0 fully saturated rings. The molecule has 0 amide bonds. The van der Waals surface area contributed by atoms with Crippen LogP contribution >= 0.6 is 11.8 Å². The molecule has 5 heteroatoms. The van der Waals surface area contributed by atoms with Gasteiger partial charge in [0.25, 0.3) is 0 Å². The number of hydrogen-bond donors (Lipinski definition) is 0. The molecule has 0 aliphatic carbocycles. The third-order valence-corrected chi connectivity index (χ3v) is 7.03. The highest BCUT2D eigenvalue weighted by molar-refractivity contribution is 7.99. The summed E-state index contributed by atoms with van der Waals surface area (Å²) in [7, 11) is 0. The Kier molecular flexibility index (Phi) is 14.2. The molecule has 2 aromatic rings. The monoisotopic (exact) mass is 498 g/mol. The normalized spacial score (nSPS) is 11.7. The number of rotatable bonds is 17. The minimum Gasteiger partial charge on any atom is -0.463 e. The van der Waals surface area contributed by atoms with E-state index in [0.717, 1.165) is 36.1 Å². The number of thioether (sulfide) groups is 1. The molecule has 0 bridgehead atoms. The van der Waals surface area contributed by atoms with Gasteiger partial charge in [-0.15, -0.1) is 11.8 Å². The number of carbonyl (C=O) groups is 2. The molecular weight excluding hydrogens is 456 g/mol. The first-order chi connectivity index (χ1) is 17.0. The van der Waals surface area contributed by atoms with Crippen molar-refractivity contribution in [2.45, 2.75) is 96.0 Å². The summed E-state index contributed by atoms with van der Waals surface area (Å²) in [5.41, 5.74) is 2.56. The van der Waals surface area contributed by atoms with Crippen molar-refractivity contribution < 1.29 is 19.1 Å². The number of hydrogen-bond acceptors (Lipinski definition) is 5. The molecule has 2 aromatic carbocycles. The van der Waals surface area contributed by atoms with E-state index in [-0.39, 0.29) is 0 Å². The van der Waals surface area contributed by atoms with Crippen molar-refractivity contribution in [2.24, 2.45) is 0 Å². The fourth-order valence-electron chi connectivity index (χ4n) is 3.71. The minimum absolute atomic E-state index is 0.373. The van der Waals surface area contributed by atoms with Crippen molar-refractivity contribution in [3.8, 4) is 11.1 Å². The van der Waals surface area contributed by atoms with Gasteiger partial charge in [-0.2, -0.15) is 0 Å². The van der Waals surface area contributed by atoms with Gasteiger partial charge in [0, 0.05) is 4.90 Å². The van der Waals surface area contributed by atoms with E-state index >= 15 is 0 Å². The molecule has 35 heavy (non-hydrogen) atoms. The Labute approximate surface area is 216 Å². The SMILES string of the molecule is CCCCCCCCOC(=O)[C@H](C)OC(=O)c1ccc(-c2ccc(SCCCCCC)cc2)cc1. The van der Waals surface area contributed by atoms with Crippen LogP contribution in [-0.2, 0) is 14.3 Å². The molecule has 0 aromatic heterocycles. The first kappa shape index (κ1) is 29.0. The van der Waals surface area contributed by atoms with Gasteiger partial charge < -0.3 is 9.47 Å². The highest BCUT2D eigenvalue weighted by atomic mass is 32.2. The quantitative estimate of drug-likeness (QED) is 0.124. The largest absolute Gasteiger partial charge is 0.463 e. The van der Waals surface area contributed by atoms with Crippen LogP contribution in [0.15, 0.2) is 53.4 Å². The summed E-state index contributed by atoms with van der Waals surface area (Å²) in [4.78, 5) is 25.9. The zero-order valence-corrected chi connectivity index (χ0v) is 22.5. The summed E-state index contributed by atoms with van der Waals surface area (Å²) in [5, 5.41) is 0. The van der Waals surface area contributed by atoms with E-state index in [1.54, 1.807) is 19.1 Å². The summed E-state index contributed by atoms with van der Waals surface area (Å²) >= 11 is 1.90. The molecule has 0 unspecified atom stereocenters. The van der Waals surface area contributed by atoms with Gasteiger partial charge in [-0.3, -0.25) is 0 Å². The Hall–Kier alpha value is -2.27. The van der Waals surface area contributed by atoms with Crippen LogP contribution in [-0.4, -0.2) is 30.4 Å². The highest BCUT2D eigenvalue weighted by Gasteiger charge is 2.20. The molecular formula is C30H42O4S. The Morgan fingerprint density at radius 1 is 0.743 bits per heavy atom. The van der Waals surface area contributed by atoms with Gasteiger partial charge in [-0.05, 0) is 60.9 Å². The smallest absolute Gasteiger partial charge is 0.347 e. The van der Waals surface area contributed by atoms with Crippen LogP contribution in [0, 0.1) is 0 Å². The molecule has 0 aliphatic heterocycles. The van der Waals surface area contributed by atoms with Gasteiger partial charge in [-0.25, -0.2) is 9.59 Å². The first-order valence-electron chi connectivity index (χ1n) is 13.3. The summed E-state index contributed by atoms with van der Waals surface area (Å²) < 4.78 is 10.6. The second kappa shape index (κ2) is 17.2. The molecule has 0 aliphatic rings. The van der Waals surface area contributed by atoms with Crippen molar-refractivity contribution in [3.63, 3.8) is 0 Å². The second-order valence-corrected chi connectivity index (χ2v) is 10.2. The van der Waals surface area contributed by atoms with E-state index in [9.17, 15) is 9.59 Å². The molecule has 2 rings (SSSR count). The number of ether oxygens (including phenoxy) is 2. The third kappa shape index (κ3) is 11.3. The average Bonchev–Trinajstić information content (AvgIpc) is 2.88. The van der Waals surface area contributed by atoms with E-state index < -0.39 is 18.0 Å². The maximum atomic E-state index is 12.5. The second-order valence-electron chi connectivity index (χ2n) is 8.99. The van der Waals surface area contributed by atoms with Crippen molar-refractivity contribution in [3.05, 3.63) is 54.1 Å². The van der Waals surface area contributed by atoms with Crippen molar-refractivity contribution in [1.29, 1.82) is 0 Å². The van der Waals surface area contributed by atoms with E-state index in [2.05, 4.69) is 38.1 Å². The zero-order valence-electron chi connectivity index (χ0n) is 21.7. The van der Waals surface area contributed by atoms with Crippen LogP contribution in [0.4, 0.5) is 0 Å². The van der Waals surface area contributed by atoms with Crippen LogP contribution in [0.5, 0.6) is 0 Å². The molecule has 0 N–H and O–H groups in total. The summed E-state index contributed by atoms with van der Waals surface area (Å²) in [5.74, 6) is 0.142. The molecule has 1 atom stereocenters. The highest BCUT2D eigenvalue weighted by Crippen LogP contribution is 2.25. The van der Waals surface area contributed by atoms with Gasteiger partial charge in [0.15, 0.2) is 6.10 Å². The third-order valence-electron chi connectivity index (χ3n) is 5.93. The minimum atomic E-state index is -0.922. The standard InChI is InChI=1S/C30H42O4S/c1-4-6-8-10-11-12-22-33-29(31)24(3)34-30(32)27-16-14-25(15-17-27)26-18-20-28(21-19-26)35-23-13-9-7-5-2/h14-21,24H,4-13,22-23H2,1-3H3/t24-/m0/s1. The predicted molar refractivity (Wildman–Crippen MR) is 146 cm³/mol. The Morgan fingerprint density at radius 3 is 1.91 bits per heavy atom. The zero-order chi connectivity index (χ0) is 25.3. The molecule has 4 nitrogen and oxygen atoms in total. The fraction of sp³-hybridized carbons (Fsp3) is 0.533. The van der Waals surface area contributed by atoms with E-state index in [4.69, 9.17) is 9.47 Å². The van der Waals surface area contributed by atoms with E-state index in [1.807, 2.05) is 23.9 Å². The maximum absolute atomic E-state index is 12.5. The number of esters is 2. The van der Waals surface area contributed by atoms with Crippen LogP contribution in [0.2, 0.25) is 0 Å². The van der Waals surface area contributed by atoms with Crippen molar-refractivity contribution >= 4 is 23.7 Å². The summed E-state index contributed by atoms with van der Waals surface area (Å²) in [6, 6.07) is 15.8. The van der Waals surface area contributed by atoms with Crippen molar-refractivity contribution in [2.75, 3.05) is 12.4 Å². The number of unbranched alkanes of at least 4 members (excludes halogenated alkanes) is 8. The molecule has 0 radical (unpaired) electrons. The lowest BCUT2D eigenvalue weighted by molar-refractivity contribution is -0.153. The van der Waals surface area contributed by atoms with Gasteiger partial charge >= 0.3 is 11.9 Å². The molecule has 0 saturated heterocycles. The average molecular weight is 499 g/mol. The molecule has 0 spiro atoms. The Bertz CT molecular complexity index is 861. The lowest BCUT2D eigenvalue weighted by Gasteiger charge is -2.13. The van der Waals surface area contributed by atoms with Gasteiger partial charge in [-0.1, -0.05) is 89.5 Å². The van der Waals surface area contributed by atoms with Gasteiger partial charge in [0.2, 0.25) is 0 Å². The van der Waals surface area contributed by atoms with Crippen LogP contribution in [0.25, 0.3) is 11.1 Å². The van der Waals surface area contributed by atoms with Gasteiger partial charge in [0.05, 0.1) is 12.2 Å². The summed E-state index contributed by atoms with van der Waals surface area (Å²) in [6.07, 6.45) is 11.0. The maximum Gasteiger partial charge on any atom is 0.347 e. The predicted octanol–water partition coefficient (Wildman–Crippen LogP) is 8.48. The van der Waals surface area contributed by atoms with Gasteiger partial charge in [0.1, 0.15) is 0 Å². The fourth-order valence-corrected chi connectivity index (χ4v) is 4.62. The molecule has 0 saturated carbocycles.